The molecule has 0 radical (unpaired) electrons. The molecule has 2 aliphatic rings. The zero-order valence-electron chi connectivity index (χ0n) is 11.6. The summed E-state index contributed by atoms with van der Waals surface area (Å²) in [5.74, 6) is 0.0542. The summed E-state index contributed by atoms with van der Waals surface area (Å²) in [4.78, 5) is 15.4. The first kappa shape index (κ1) is 15.6. The highest BCUT2D eigenvalue weighted by atomic mass is 19.4. The molecule has 4 nitrogen and oxygen atoms in total. The van der Waals surface area contributed by atoms with Gasteiger partial charge in [-0.3, -0.25) is 9.69 Å². The van der Waals surface area contributed by atoms with E-state index in [-0.39, 0.29) is 11.9 Å². The fraction of sp³-hybridized carbons (Fsp3) is 0.923. The number of nitrogens with zero attached hydrogens (tertiary/aromatic N) is 2. The van der Waals surface area contributed by atoms with Crippen molar-refractivity contribution < 1.29 is 18.0 Å². The highest BCUT2D eigenvalue weighted by molar-refractivity contribution is 5.82. The molecule has 0 aromatic carbocycles. The molecule has 0 spiro atoms. The lowest BCUT2D eigenvalue weighted by atomic mass is 10.0. The Balaban J connectivity index is 1.84. The number of hydrogen-bond acceptors (Lipinski definition) is 3. The second-order valence-electron chi connectivity index (χ2n) is 5.57. The Morgan fingerprint density at radius 2 is 1.90 bits per heavy atom. The van der Waals surface area contributed by atoms with Gasteiger partial charge in [-0.05, 0) is 25.8 Å². The van der Waals surface area contributed by atoms with Crippen LogP contribution in [0.2, 0.25) is 0 Å². The second-order valence-corrected chi connectivity index (χ2v) is 5.57. The van der Waals surface area contributed by atoms with Gasteiger partial charge in [0.05, 0.1) is 12.6 Å². The summed E-state index contributed by atoms with van der Waals surface area (Å²) >= 11 is 0. The van der Waals surface area contributed by atoms with Crippen molar-refractivity contribution in [2.75, 3.05) is 39.3 Å². The zero-order chi connectivity index (χ0) is 14.6. The Morgan fingerprint density at radius 1 is 1.10 bits per heavy atom. The fourth-order valence-corrected chi connectivity index (χ4v) is 2.89. The van der Waals surface area contributed by atoms with E-state index in [9.17, 15) is 18.0 Å². The number of alkyl halides is 3. The molecule has 2 heterocycles. The first-order chi connectivity index (χ1) is 9.46. The molecule has 0 unspecified atom stereocenters. The molecule has 1 amide bonds. The predicted octanol–water partition coefficient (Wildman–Crippen LogP) is 1.23. The lowest BCUT2D eigenvalue weighted by Gasteiger charge is -2.29. The van der Waals surface area contributed by atoms with E-state index >= 15 is 0 Å². The number of amides is 1. The molecule has 2 rings (SSSR count). The molecule has 0 aromatic rings. The third-order valence-corrected chi connectivity index (χ3v) is 3.91. The van der Waals surface area contributed by atoms with Gasteiger partial charge in [0.1, 0.15) is 0 Å². The summed E-state index contributed by atoms with van der Waals surface area (Å²) in [6.07, 6.45) is -0.596. The normalized spacial score (nSPS) is 26.4. The SMILES string of the molecule is O=C([C@H]1CCCCN1)N1CCCN(CC(F)(F)F)CC1. The predicted molar refractivity (Wildman–Crippen MR) is 69.3 cm³/mol. The summed E-state index contributed by atoms with van der Waals surface area (Å²) in [6.45, 7) is 1.64. The molecule has 1 N–H and O–H groups in total. The zero-order valence-corrected chi connectivity index (χ0v) is 11.6. The molecule has 0 saturated carbocycles. The van der Waals surface area contributed by atoms with Crippen molar-refractivity contribution in [2.24, 2.45) is 0 Å². The van der Waals surface area contributed by atoms with Crippen LogP contribution in [0.4, 0.5) is 13.2 Å². The maximum Gasteiger partial charge on any atom is 0.401 e. The van der Waals surface area contributed by atoms with Crippen LogP contribution in [0.1, 0.15) is 25.7 Å². The molecular weight excluding hydrogens is 271 g/mol. The average Bonchev–Trinajstić information content (AvgIpc) is 2.63. The largest absolute Gasteiger partial charge is 0.401 e. The Morgan fingerprint density at radius 3 is 2.55 bits per heavy atom. The summed E-state index contributed by atoms with van der Waals surface area (Å²) < 4.78 is 37.2. The van der Waals surface area contributed by atoms with E-state index in [1.165, 1.54) is 4.90 Å². The first-order valence-electron chi connectivity index (χ1n) is 7.27. The summed E-state index contributed by atoms with van der Waals surface area (Å²) in [5, 5.41) is 3.20. The third kappa shape index (κ3) is 4.63. The number of hydrogen-bond donors (Lipinski definition) is 1. The first-order valence-corrected chi connectivity index (χ1v) is 7.27. The van der Waals surface area contributed by atoms with E-state index in [0.717, 1.165) is 25.8 Å². The number of nitrogens with one attached hydrogen (secondary N) is 1. The van der Waals surface area contributed by atoms with E-state index in [1.54, 1.807) is 4.90 Å². The molecule has 7 heteroatoms. The molecule has 116 valence electrons. The number of carbonyl (C=O) groups excluding carboxylic acids is 1. The van der Waals surface area contributed by atoms with Gasteiger partial charge in [0.2, 0.25) is 5.91 Å². The minimum atomic E-state index is -4.16. The highest BCUT2D eigenvalue weighted by Gasteiger charge is 2.32. The van der Waals surface area contributed by atoms with Gasteiger partial charge in [0.15, 0.2) is 0 Å². The Kier molecular flexibility index (Phi) is 5.26. The van der Waals surface area contributed by atoms with Crippen LogP contribution in [0.15, 0.2) is 0 Å². The van der Waals surface area contributed by atoms with Crippen molar-refractivity contribution in [3.63, 3.8) is 0 Å². The molecule has 1 atom stereocenters. The molecule has 0 bridgehead atoms. The molecule has 2 aliphatic heterocycles. The van der Waals surface area contributed by atoms with Crippen molar-refractivity contribution in [2.45, 2.75) is 37.9 Å². The van der Waals surface area contributed by atoms with Crippen LogP contribution < -0.4 is 5.32 Å². The molecular formula is C13H22F3N3O. The van der Waals surface area contributed by atoms with E-state index in [1.807, 2.05) is 0 Å². The topological polar surface area (TPSA) is 35.6 Å². The maximum atomic E-state index is 12.4. The van der Waals surface area contributed by atoms with Gasteiger partial charge in [0.25, 0.3) is 0 Å². The Bertz CT molecular complexity index is 329. The van der Waals surface area contributed by atoms with E-state index < -0.39 is 12.7 Å². The third-order valence-electron chi connectivity index (χ3n) is 3.91. The monoisotopic (exact) mass is 293 g/mol. The minimum Gasteiger partial charge on any atom is -0.340 e. The summed E-state index contributed by atoms with van der Waals surface area (Å²) in [5.41, 5.74) is 0. The number of carbonyl (C=O) groups is 1. The average molecular weight is 293 g/mol. The van der Waals surface area contributed by atoms with Crippen LogP contribution in [-0.2, 0) is 4.79 Å². The van der Waals surface area contributed by atoms with Crippen molar-refractivity contribution in [1.82, 2.24) is 15.1 Å². The van der Waals surface area contributed by atoms with Crippen LogP contribution in [0.25, 0.3) is 0 Å². The van der Waals surface area contributed by atoms with Gasteiger partial charge in [0, 0.05) is 26.2 Å². The van der Waals surface area contributed by atoms with Crippen molar-refractivity contribution in [3.05, 3.63) is 0 Å². The maximum absolute atomic E-state index is 12.4. The van der Waals surface area contributed by atoms with Crippen molar-refractivity contribution >= 4 is 5.91 Å². The van der Waals surface area contributed by atoms with Gasteiger partial charge >= 0.3 is 6.18 Å². The van der Waals surface area contributed by atoms with Crippen LogP contribution in [0.5, 0.6) is 0 Å². The van der Waals surface area contributed by atoms with Crippen LogP contribution in [0.3, 0.4) is 0 Å². The summed E-state index contributed by atoms with van der Waals surface area (Å²) in [7, 11) is 0. The van der Waals surface area contributed by atoms with Crippen molar-refractivity contribution in [1.29, 1.82) is 0 Å². The van der Waals surface area contributed by atoms with Crippen LogP contribution in [0, 0.1) is 0 Å². The Labute approximate surface area is 117 Å². The lowest BCUT2D eigenvalue weighted by molar-refractivity contribution is -0.145. The van der Waals surface area contributed by atoms with E-state index in [2.05, 4.69) is 5.32 Å². The van der Waals surface area contributed by atoms with E-state index in [4.69, 9.17) is 0 Å². The molecule has 20 heavy (non-hydrogen) atoms. The van der Waals surface area contributed by atoms with Gasteiger partial charge in [-0.2, -0.15) is 13.2 Å². The van der Waals surface area contributed by atoms with Crippen molar-refractivity contribution in [3.8, 4) is 0 Å². The standard InChI is InChI=1S/C13H22F3N3O/c14-13(15,16)10-18-6-3-7-19(9-8-18)12(20)11-4-1-2-5-17-11/h11,17H,1-10H2/t11-/m1/s1. The molecule has 2 saturated heterocycles. The minimum absolute atomic E-state index is 0.0542. The number of halogens is 3. The lowest BCUT2D eigenvalue weighted by Crippen LogP contribution is -2.49. The van der Waals surface area contributed by atoms with E-state index in [0.29, 0.717) is 32.6 Å². The van der Waals surface area contributed by atoms with Crippen LogP contribution in [-0.4, -0.2) is 67.2 Å². The van der Waals surface area contributed by atoms with Gasteiger partial charge < -0.3 is 10.2 Å². The highest BCUT2D eigenvalue weighted by Crippen LogP contribution is 2.18. The smallest absolute Gasteiger partial charge is 0.340 e. The number of rotatable bonds is 2. The second kappa shape index (κ2) is 6.76. The quantitative estimate of drug-likeness (QED) is 0.832. The Hall–Kier alpha value is -0.820. The number of piperidine rings is 1. The molecule has 2 fully saturated rings. The molecule has 0 aliphatic carbocycles. The van der Waals surface area contributed by atoms with Gasteiger partial charge in [-0.25, -0.2) is 0 Å². The van der Waals surface area contributed by atoms with Gasteiger partial charge in [-0.1, -0.05) is 6.42 Å². The van der Waals surface area contributed by atoms with Crippen LogP contribution >= 0.6 is 0 Å². The summed E-state index contributed by atoms with van der Waals surface area (Å²) in [6, 6.07) is -0.141. The van der Waals surface area contributed by atoms with Gasteiger partial charge in [-0.15, -0.1) is 0 Å². The fourth-order valence-electron chi connectivity index (χ4n) is 2.89. The molecule has 0 aromatic heterocycles.